The van der Waals surface area contributed by atoms with Gasteiger partial charge in [0.2, 0.25) is 0 Å². The summed E-state index contributed by atoms with van der Waals surface area (Å²) in [5, 5.41) is 2.62. The Kier molecular flexibility index (Phi) is 6.21. The zero-order valence-corrected chi connectivity index (χ0v) is 11.5. The summed E-state index contributed by atoms with van der Waals surface area (Å²) in [6.07, 6.45) is 0.684. The van der Waals surface area contributed by atoms with Gasteiger partial charge in [0.25, 0.3) is 5.91 Å². The Labute approximate surface area is 113 Å². The van der Waals surface area contributed by atoms with Crippen molar-refractivity contribution in [1.29, 1.82) is 0 Å². The first-order valence-electron chi connectivity index (χ1n) is 5.41. The van der Waals surface area contributed by atoms with Gasteiger partial charge in [-0.25, -0.2) is 8.78 Å². The Bertz CT molecular complexity index is 415. The normalized spacial score (nSPS) is 12.2. The standard InChI is InChI=1S/C12H14BrF2NO2/c1-18-7-9(13)4-5-16-12(17)8-2-3-10(14)11(15)6-8/h2-3,6,9H,4-5,7H2,1H3,(H,16,17). The molecule has 0 aliphatic heterocycles. The van der Waals surface area contributed by atoms with Crippen molar-refractivity contribution in [2.75, 3.05) is 20.3 Å². The van der Waals surface area contributed by atoms with Gasteiger partial charge in [-0.15, -0.1) is 0 Å². The van der Waals surface area contributed by atoms with Crippen LogP contribution < -0.4 is 5.32 Å². The van der Waals surface area contributed by atoms with E-state index in [1.165, 1.54) is 6.07 Å². The van der Waals surface area contributed by atoms with Crippen molar-refractivity contribution < 1.29 is 18.3 Å². The van der Waals surface area contributed by atoms with Crippen LogP contribution in [0.1, 0.15) is 16.8 Å². The first-order chi connectivity index (χ1) is 8.54. The van der Waals surface area contributed by atoms with Crippen LogP contribution in [0.15, 0.2) is 18.2 Å². The Hall–Kier alpha value is -1.01. The molecule has 0 saturated carbocycles. The first-order valence-corrected chi connectivity index (χ1v) is 6.32. The minimum absolute atomic E-state index is 0.103. The molecule has 0 heterocycles. The van der Waals surface area contributed by atoms with Crippen LogP contribution in [0, 0.1) is 11.6 Å². The lowest BCUT2D eigenvalue weighted by Gasteiger charge is -2.09. The highest BCUT2D eigenvalue weighted by molar-refractivity contribution is 9.09. The van der Waals surface area contributed by atoms with Gasteiger partial charge in [0, 0.05) is 24.0 Å². The Morgan fingerprint density at radius 3 is 2.78 bits per heavy atom. The molecule has 0 radical (unpaired) electrons. The molecule has 18 heavy (non-hydrogen) atoms. The molecule has 0 fully saturated rings. The second kappa shape index (κ2) is 7.43. The average Bonchev–Trinajstić information content (AvgIpc) is 2.33. The van der Waals surface area contributed by atoms with E-state index in [1.807, 2.05) is 0 Å². The summed E-state index contributed by atoms with van der Waals surface area (Å²) < 4.78 is 30.5. The van der Waals surface area contributed by atoms with Gasteiger partial charge < -0.3 is 10.1 Å². The zero-order valence-electron chi connectivity index (χ0n) is 9.88. The third kappa shape index (κ3) is 4.70. The number of methoxy groups -OCH3 is 1. The number of alkyl halides is 1. The molecular formula is C12H14BrF2NO2. The quantitative estimate of drug-likeness (QED) is 0.817. The third-order valence-electron chi connectivity index (χ3n) is 2.27. The molecule has 1 unspecified atom stereocenters. The molecule has 3 nitrogen and oxygen atoms in total. The van der Waals surface area contributed by atoms with Gasteiger partial charge in [0.05, 0.1) is 6.61 Å². The molecule has 0 aliphatic carbocycles. The Balaban J connectivity index is 2.43. The lowest BCUT2D eigenvalue weighted by atomic mass is 10.2. The van der Waals surface area contributed by atoms with Crippen LogP contribution in [0.25, 0.3) is 0 Å². The van der Waals surface area contributed by atoms with Crippen molar-refractivity contribution in [2.24, 2.45) is 0 Å². The smallest absolute Gasteiger partial charge is 0.251 e. The molecule has 1 N–H and O–H groups in total. The fourth-order valence-corrected chi connectivity index (χ4v) is 1.84. The summed E-state index contributed by atoms with van der Waals surface area (Å²) >= 11 is 3.38. The minimum Gasteiger partial charge on any atom is -0.384 e. The van der Waals surface area contributed by atoms with Crippen molar-refractivity contribution in [1.82, 2.24) is 5.32 Å². The first kappa shape index (κ1) is 15.0. The number of amides is 1. The van der Waals surface area contributed by atoms with Crippen molar-refractivity contribution in [3.63, 3.8) is 0 Å². The largest absolute Gasteiger partial charge is 0.384 e. The molecule has 1 aromatic carbocycles. The van der Waals surface area contributed by atoms with E-state index in [9.17, 15) is 13.6 Å². The molecule has 0 aromatic heterocycles. The number of carbonyl (C=O) groups excluding carboxylic acids is 1. The van der Waals surface area contributed by atoms with E-state index in [4.69, 9.17) is 4.74 Å². The highest BCUT2D eigenvalue weighted by Gasteiger charge is 2.10. The molecule has 0 spiro atoms. The maximum absolute atomic E-state index is 12.9. The highest BCUT2D eigenvalue weighted by atomic mass is 79.9. The van der Waals surface area contributed by atoms with Crippen molar-refractivity contribution in [2.45, 2.75) is 11.2 Å². The van der Waals surface area contributed by atoms with Crippen molar-refractivity contribution in [3.8, 4) is 0 Å². The van der Waals surface area contributed by atoms with Crippen LogP contribution >= 0.6 is 15.9 Å². The highest BCUT2D eigenvalue weighted by Crippen LogP contribution is 2.09. The summed E-state index contributed by atoms with van der Waals surface area (Å²) in [6.45, 7) is 0.970. The number of rotatable bonds is 6. The second-order valence-electron chi connectivity index (χ2n) is 3.73. The fourth-order valence-electron chi connectivity index (χ4n) is 1.35. The van der Waals surface area contributed by atoms with E-state index in [2.05, 4.69) is 21.2 Å². The predicted molar refractivity (Wildman–Crippen MR) is 67.9 cm³/mol. The molecule has 0 aliphatic rings. The lowest BCUT2D eigenvalue weighted by Crippen LogP contribution is -2.27. The van der Waals surface area contributed by atoms with Crippen LogP contribution in [-0.4, -0.2) is 31.0 Å². The molecule has 100 valence electrons. The maximum atomic E-state index is 12.9. The number of benzene rings is 1. The van der Waals surface area contributed by atoms with Crippen LogP contribution in [0.3, 0.4) is 0 Å². The fraction of sp³-hybridized carbons (Fsp3) is 0.417. The third-order valence-corrected chi connectivity index (χ3v) is 2.99. The SMILES string of the molecule is COCC(Br)CCNC(=O)c1ccc(F)c(F)c1. The summed E-state index contributed by atoms with van der Waals surface area (Å²) in [6, 6.07) is 3.06. The summed E-state index contributed by atoms with van der Waals surface area (Å²) in [5.41, 5.74) is 0.103. The average molecular weight is 322 g/mol. The van der Waals surface area contributed by atoms with E-state index >= 15 is 0 Å². The van der Waals surface area contributed by atoms with Gasteiger partial charge >= 0.3 is 0 Å². The number of ether oxygens (including phenoxy) is 1. The number of halogens is 3. The summed E-state index contributed by atoms with van der Waals surface area (Å²) in [7, 11) is 1.59. The number of hydrogen-bond donors (Lipinski definition) is 1. The minimum atomic E-state index is -1.03. The van der Waals surface area contributed by atoms with Crippen LogP contribution in [0.2, 0.25) is 0 Å². The molecule has 1 aromatic rings. The summed E-state index contributed by atoms with van der Waals surface area (Å²) in [5.74, 6) is -2.42. The number of nitrogens with one attached hydrogen (secondary N) is 1. The maximum Gasteiger partial charge on any atom is 0.251 e. The number of hydrogen-bond acceptors (Lipinski definition) is 2. The molecule has 0 bridgehead atoms. The van der Waals surface area contributed by atoms with Crippen molar-refractivity contribution >= 4 is 21.8 Å². The van der Waals surface area contributed by atoms with E-state index in [1.54, 1.807) is 7.11 Å². The predicted octanol–water partition coefficient (Wildman–Crippen LogP) is 2.49. The van der Waals surface area contributed by atoms with Gasteiger partial charge in [-0.3, -0.25) is 4.79 Å². The molecule has 1 amide bonds. The van der Waals surface area contributed by atoms with E-state index in [0.717, 1.165) is 12.1 Å². The Morgan fingerprint density at radius 2 is 2.17 bits per heavy atom. The Morgan fingerprint density at radius 1 is 1.44 bits per heavy atom. The van der Waals surface area contributed by atoms with E-state index < -0.39 is 17.5 Å². The van der Waals surface area contributed by atoms with Crippen LogP contribution in [0.4, 0.5) is 8.78 Å². The van der Waals surface area contributed by atoms with Gasteiger partial charge in [0.1, 0.15) is 0 Å². The van der Waals surface area contributed by atoms with Crippen LogP contribution in [0.5, 0.6) is 0 Å². The van der Waals surface area contributed by atoms with E-state index in [0.29, 0.717) is 19.6 Å². The van der Waals surface area contributed by atoms with Gasteiger partial charge in [-0.1, -0.05) is 15.9 Å². The molecular weight excluding hydrogens is 308 g/mol. The summed E-state index contributed by atoms with van der Waals surface area (Å²) in [4.78, 5) is 11.7. The second-order valence-corrected chi connectivity index (χ2v) is 5.02. The number of carbonyl (C=O) groups is 1. The van der Waals surface area contributed by atoms with Gasteiger partial charge in [-0.05, 0) is 24.6 Å². The molecule has 1 rings (SSSR count). The van der Waals surface area contributed by atoms with Crippen LogP contribution in [-0.2, 0) is 4.74 Å². The zero-order chi connectivity index (χ0) is 13.5. The van der Waals surface area contributed by atoms with E-state index in [-0.39, 0.29) is 10.4 Å². The molecule has 0 saturated heterocycles. The van der Waals surface area contributed by atoms with Crippen molar-refractivity contribution in [3.05, 3.63) is 35.4 Å². The molecule has 6 heteroatoms. The lowest BCUT2D eigenvalue weighted by molar-refractivity contribution is 0.0951. The monoisotopic (exact) mass is 321 g/mol. The van der Waals surface area contributed by atoms with Gasteiger partial charge in [0.15, 0.2) is 11.6 Å². The van der Waals surface area contributed by atoms with Gasteiger partial charge in [-0.2, -0.15) is 0 Å². The molecule has 1 atom stereocenters. The topological polar surface area (TPSA) is 38.3 Å².